The Morgan fingerprint density at radius 3 is 2.63 bits per heavy atom. The molecule has 158 valence electrons. The molecule has 0 amide bonds. The molecule has 7 heteroatoms. The molecule has 0 bridgehead atoms. The summed E-state index contributed by atoms with van der Waals surface area (Å²) in [6.45, 7) is 4.77. The summed E-state index contributed by atoms with van der Waals surface area (Å²) in [7, 11) is 0. The summed E-state index contributed by atoms with van der Waals surface area (Å²) in [6.07, 6.45) is 6.29. The first-order valence-electron chi connectivity index (χ1n) is 10.9. The van der Waals surface area contributed by atoms with Gasteiger partial charge in [0.25, 0.3) is 0 Å². The van der Waals surface area contributed by atoms with Gasteiger partial charge in [0, 0.05) is 26.2 Å². The van der Waals surface area contributed by atoms with Gasteiger partial charge in [0.1, 0.15) is 5.82 Å². The van der Waals surface area contributed by atoms with Crippen LogP contribution in [0, 0.1) is 0 Å². The van der Waals surface area contributed by atoms with Gasteiger partial charge >= 0.3 is 0 Å². The van der Waals surface area contributed by atoms with Crippen molar-refractivity contribution in [1.29, 1.82) is 0 Å². The average molecular weight is 487 g/mol. The second-order valence-electron chi connectivity index (χ2n) is 8.17. The molecule has 1 unspecified atom stereocenters. The van der Waals surface area contributed by atoms with E-state index >= 15 is 0 Å². The van der Waals surface area contributed by atoms with E-state index in [-0.39, 0.29) is 6.10 Å². The highest BCUT2D eigenvalue weighted by Crippen LogP contribution is 2.36. The molecule has 0 aliphatic carbocycles. The number of pyridine rings is 1. The van der Waals surface area contributed by atoms with Gasteiger partial charge in [-0.25, -0.2) is 4.98 Å². The molecule has 0 radical (unpaired) electrons. The lowest BCUT2D eigenvalue weighted by Gasteiger charge is -2.32. The number of hydrogen-bond acceptors (Lipinski definition) is 6. The highest BCUT2D eigenvalue weighted by molar-refractivity contribution is 9.10. The van der Waals surface area contributed by atoms with Gasteiger partial charge in [-0.15, -0.1) is 0 Å². The topological polar surface area (TPSA) is 41.5 Å². The Balaban J connectivity index is 1.30. The molecule has 0 spiro atoms. The fourth-order valence-corrected chi connectivity index (χ4v) is 6.02. The van der Waals surface area contributed by atoms with Gasteiger partial charge in [0.2, 0.25) is 0 Å². The molecule has 2 aromatic heterocycles. The molecule has 1 aromatic carbocycles. The zero-order valence-corrected chi connectivity index (χ0v) is 19.5. The molecule has 4 heterocycles. The number of fused-ring (bicyclic) bond motifs is 1. The Hall–Kier alpha value is -1.70. The van der Waals surface area contributed by atoms with E-state index in [1.165, 1.54) is 24.8 Å². The molecule has 0 saturated carbocycles. The van der Waals surface area contributed by atoms with Crippen molar-refractivity contribution in [2.75, 3.05) is 36.0 Å². The predicted octanol–water partition coefficient (Wildman–Crippen LogP) is 5.63. The van der Waals surface area contributed by atoms with Crippen LogP contribution in [0.5, 0.6) is 0 Å². The summed E-state index contributed by atoms with van der Waals surface area (Å²) in [5, 5.41) is 1.06. The molecule has 5 nitrogen and oxygen atoms in total. The van der Waals surface area contributed by atoms with Crippen molar-refractivity contribution in [3.05, 3.63) is 46.4 Å². The standard InChI is InChI=1S/C23H27BrN4OS/c24-19-14-20-21(25-22(19)27-11-5-2-6-12-27)26-23(30-20)28-13-7-10-18(15-28)29-16-17-8-3-1-4-9-17/h1,3-4,8-9,14,18H,2,5-7,10-13,15-16H2. The van der Waals surface area contributed by atoms with Gasteiger partial charge < -0.3 is 14.5 Å². The smallest absolute Gasteiger partial charge is 0.188 e. The lowest BCUT2D eigenvalue weighted by Crippen LogP contribution is -2.39. The fourth-order valence-electron chi connectivity index (χ4n) is 4.32. The van der Waals surface area contributed by atoms with E-state index in [1.807, 2.05) is 6.07 Å². The molecule has 3 aromatic rings. The maximum absolute atomic E-state index is 6.22. The van der Waals surface area contributed by atoms with Crippen LogP contribution in [0.15, 0.2) is 40.9 Å². The minimum Gasteiger partial charge on any atom is -0.372 e. The third-order valence-corrected chi connectivity index (χ3v) is 7.58. The number of ether oxygens (including phenoxy) is 1. The van der Waals surface area contributed by atoms with Crippen LogP contribution in [0.3, 0.4) is 0 Å². The average Bonchev–Trinajstić information content (AvgIpc) is 3.21. The van der Waals surface area contributed by atoms with E-state index in [0.717, 1.165) is 64.8 Å². The Morgan fingerprint density at radius 1 is 1.00 bits per heavy atom. The van der Waals surface area contributed by atoms with Crippen LogP contribution in [-0.2, 0) is 11.3 Å². The number of anilines is 2. The molecular formula is C23H27BrN4OS. The Morgan fingerprint density at radius 2 is 1.80 bits per heavy atom. The monoisotopic (exact) mass is 486 g/mol. The van der Waals surface area contributed by atoms with Crippen LogP contribution in [0.25, 0.3) is 10.3 Å². The van der Waals surface area contributed by atoms with Crippen LogP contribution in [0.1, 0.15) is 37.7 Å². The van der Waals surface area contributed by atoms with Crippen LogP contribution < -0.4 is 9.80 Å². The van der Waals surface area contributed by atoms with Crippen molar-refractivity contribution < 1.29 is 4.74 Å². The van der Waals surface area contributed by atoms with Gasteiger partial charge in [0.15, 0.2) is 10.8 Å². The summed E-state index contributed by atoms with van der Waals surface area (Å²) in [5.41, 5.74) is 2.10. The quantitative estimate of drug-likeness (QED) is 0.467. The summed E-state index contributed by atoms with van der Waals surface area (Å²) < 4.78 is 8.44. The molecule has 2 fully saturated rings. The number of piperidine rings is 2. The van der Waals surface area contributed by atoms with Crippen molar-refractivity contribution in [2.45, 2.75) is 44.8 Å². The fraction of sp³-hybridized carbons (Fsp3) is 0.478. The van der Waals surface area contributed by atoms with Gasteiger partial charge in [-0.1, -0.05) is 41.7 Å². The SMILES string of the molecule is Brc1cc2sc(N3CCCC(OCc4ccccc4)C3)nc2nc1N1CCCCC1. The normalized spacial score (nSPS) is 20.1. The first-order valence-corrected chi connectivity index (χ1v) is 12.5. The van der Waals surface area contributed by atoms with E-state index in [1.54, 1.807) is 11.3 Å². The van der Waals surface area contributed by atoms with Gasteiger partial charge in [-0.05, 0) is 59.7 Å². The van der Waals surface area contributed by atoms with Crippen LogP contribution in [0.2, 0.25) is 0 Å². The lowest BCUT2D eigenvalue weighted by molar-refractivity contribution is 0.0316. The van der Waals surface area contributed by atoms with Crippen LogP contribution in [-0.4, -0.2) is 42.3 Å². The van der Waals surface area contributed by atoms with Gasteiger partial charge in [0.05, 0.1) is 21.9 Å². The number of thiazole rings is 1. The second kappa shape index (κ2) is 9.20. The van der Waals surface area contributed by atoms with E-state index in [2.05, 4.69) is 56.1 Å². The van der Waals surface area contributed by atoms with Crippen molar-refractivity contribution in [3.63, 3.8) is 0 Å². The number of benzene rings is 1. The van der Waals surface area contributed by atoms with E-state index in [0.29, 0.717) is 6.61 Å². The number of hydrogen-bond donors (Lipinski definition) is 0. The third-order valence-electron chi connectivity index (χ3n) is 5.94. The molecule has 1 atom stereocenters. The first kappa shape index (κ1) is 20.2. The van der Waals surface area contributed by atoms with Crippen molar-refractivity contribution in [3.8, 4) is 0 Å². The molecule has 2 aliphatic heterocycles. The molecule has 30 heavy (non-hydrogen) atoms. The summed E-state index contributed by atoms with van der Waals surface area (Å²) in [5.74, 6) is 1.04. The Bertz CT molecular complexity index is 990. The molecule has 2 aliphatic rings. The lowest BCUT2D eigenvalue weighted by atomic mass is 10.1. The second-order valence-corrected chi connectivity index (χ2v) is 10.0. The number of rotatable bonds is 5. The highest BCUT2D eigenvalue weighted by Gasteiger charge is 2.24. The molecule has 0 N–H and O–H groups in total. The number of halogens is 1. The zero-order chi connectivity index (χ0) is 20.3. The Labute approximate surface area is 190 Å². The maximum atomic E-state index is 6.22. The highest BCUT2D eigenvalue weighted by atomic mass is 79.9. The maximum Gasteiger partial charge on any atom is 0.188 e. The molecule has 2 saturated heterocycles. The summed E-state index contributed by atoms with van der Waals surface area (Å²) in [6, 6.07) is 12.6. The largest absolute Gasteiger partial charge is 0.372 e. The number of nitrogens with zero attached hydrogens (tertiary/aromatic N) is 4. The minimum absolute atomic E-state index is 0.245. The van der Waals surface area contributed by atoms with Crippen LogP contribution in [0.4, 0.5) is 10.9 Å². The minimum atomic E-state index is 0.245. The van der Waals surface area contributed by atoms with Crippen LogP contribution >= 0.6 is 27.3 Å². The van der Waals surface area contributed by atoms with Gasteiger partial charge in [-0.3, -0.25) is 0 Å². The predicted molar refractivity (Wildman–Crippen MR) is 128 cm³/mol. The summed E-state index contributed by atoms with van der Waals surface area (Å²) >= 11 is 5.49. The Kier molecular flexibility index (Phi) is 6.20. The molecular weight excluding hydrogens is 460 g/mol. The first-order chi connectivity index (χ1) is 14.8. The third kappa shape index (κ3) is 4.48. The van der Waals surface area contributed by atoms with Crippen molar-refractivity contribution in [1.82, 2.24) is 9.97 Å². The van der Waals surface area contributed by atoms with E-state index in [4.69, 9.17) is 14.7 Å². The zero-order valence-electron chi connectivity index (χ0n) is 17.1. The summed E-state index contributed by atoms with van der Waals surface area (Å²) in [4.78, 5) is 14.6. The van der Waals surface area contributed by atoms with Gasteiger partial charge in [-0.2, -0.15) is 4.98 Å². The molecule has 5 rings (SSSR count). The van der Waals surface area contributed by atoms with Crippen molar-refractivity contribution >= 4 is 48.6 Å². The van der Waals surface area contributed by atoms with Crippen molar-refractivity contribution in [2.24, 2.45) is 0 Å². The number of aromatic nitrogens is 2. The van der Waals surface area contributed by atoms with E-state index in [9.17, 15) is 0 Å². The van der Waals surface area contributed by atoms with E-state index < -0.39 is 0 Å².